The fraction of sp³-hybridized carbons (Fsp3) is 0. The molecule has 0 saturated carbocycles. The zero-order valence-corrected chi connectivity index (χ0v) is 5.17. The van der Waals surface area contributed by atoms with E-state index < -0.39 is 28.7 Å². The maximum Gasteiger partial charge on any atom is 0.197 e. The van der Waals surface area contributed by atoms with Crippen LogP contribution in [0.4, 0.5) is 17.6 Å². The lowest BCUT2D eigenvalue weighted by Gasteiger charge is -2.09. The Hall–Kier alpha value is -0.995. The molecule has 0 spiro atoms. The Morgan fingerprint density at radius 3 is 2.00 bits per heavy atom. The fourth-order valence-corrected chi connectivity index (χ4v) is 0.591. The molecule has 0 aliphatic rings. The van der Waals surface area contributed by atoms with E-state index in [2.05, 4.69) is 0 Å². The van der Waals surface area contributed by atoms with Crippen molar-refractivity contribution in [3.05, 3.63) is 29.3 Å². The molecular weight excluding hydrogens is 159 g/mol. The van der Waals surface area contributed by atoms with Gasteiger partial charge in [0.15, 0.2) is 17.5 Å². The van der Waals surface area contributed by atoms with E-state index in [9.17, 15) is 17.6 Å². The van der Waals surface area contributed by atoms with Gasteiger partial charge in [-0.15, -0.1) is 0 Å². The topological polar surface area (TPSA) is 0 Å². The summed E-state index contributed by atoms with van der Waals surface area (Å²) >= 11 is 0. The van der Waals surface area contributed by atoms with Crippen LogP contribution in [0, 0.1) is 23.3 Å². The van der Waals surface area contributed by atoms with E-state index in [1.54, 1.807) is 0 Å². The van der Waals surface area contributed by atoms with Gasteiger partial charge in [0.25, 0.3) is 0 Å². The van der Waals surface area contributed by atoms with Gasteiger partial charge in [0, 0.05) is 0 Å². The molecule has 0 aliphatic carbocycles. The molecule has 1 rings (SSSR count). The first-order valence-corrected chi connectivity index (χ1v) is 2.62. The molecule has 0 aromatic heterocycles. The van der Waals surface area contributed by atoms with Crippen LogP contribution in [-0.2, 0) is 0 Å². The lowest BCUT2D eigenvalue weighted by Crippen LogP contribution is -2.14. The van der Waals surface area contributed by atoms with Crippen LogP contribution in [-0.4, -0.2) is 7.85 Å². The standard InChI is InChI=1S/C6HBF4/c7-2-1-3(8)5(10)6(11)4(2)9/h1H/q-1. The van der Waals surface area contributed by atoms with Crippen LogP contribution >= 0.6 is 0 Å². The molecule has 3 radical (unpaired) electrons. The van der Waals surface area contributed by atoms with Gasteiger partial charge >= 0.3 is 0 Å². The monoisotopic (exact) mass is 160 g/mol. The van der Waals surface area contributed by atoms with Crippen LogP contribution < -0.4 is 5.46 Å². The van der Waals surface area contributed by atoms with Gasteiger partial charge in [-0.3, -0.25) is 5.46 Å². The Morgan fingerprint density at radius 2 is 1.45 bits per heavy atom. The molecule has 1 aromatic carbocycles. The molecule has 0 amide bonds. The molecule has 0 aliphatic heterocycles. The van der Waals surface area contributed by atoms with Crippen molar-refractivity contribution in [2.45, 2.75) is 0 Å². The first kappa shape index (κ1) is 8.10. The molecule has 0 saturated heterocycles. The van der Waals surface area contributed by atoms with Crippen LogP contribution in [0.2, 0.25) is 0 Å². The normalized spacial score (nSPS) is 10.3. The molecule has 57 valence electrons. The zero-order valence-electron chi connectivity index (χ0n) is 5.17. The highest BCUT2D eigenvalue weighted by Gasteiger charge is 2.11. The summed E-state index contributed by atoms with van der Waals surface area (Å²) in [6, 6.07) is 0.383. The second-order valence-electron chi connectivity index (χ2n) is 1.89. The Morgan fingerprint density at radius 1 is 0.909 bits per heavy atom. The van der Waals surface area contributed by atoms with Gasteiger partial charge in [-0.2, -0.15) is 0 Å². The zero-order chi connectivity index (χ0) is 8.59. The summed E-state index contributed by atoms with van der Waals surface area (Å²) in [5, 5.41) is 0. The maximum atomic E-state index is 12.3. The van der Waals surface area contributed by atoms with Gasteiger partial charge in [-0.25, -0.2) is 17.6 Å². The number of rotatable bonds is 0. The Kier molecular flexibility index (Phi) is 1.89. The highest BCUT2D eigenvalue weighted by atomic mass is 19.2. The van der Waals surface area contributed by atoms with E-state index in [1.165, 1.54) is 0 Å². The average molecular weight is 160 g/mol. The Labute approximate surface area is 61.2 Å². The lowest BCUT2D eigenvalue weighted by molar-refractivity contribution is 0.412. The third kappa shape index (κ3) is 1.22. The molecule has 0 atom stereocenters. The maximum absolute atomic E-state index is 12.3. The smallest absolute Gasteiger partial charge is 0.197 e. The fourth-order valence-electron chi connectivity index (χ4n) is 0.591. The minimum Gasteiger partial charge on any atom is -0.576 e. The van der Waals surface area contributed by atoms with Gasteiger partial charge in [-0.05, 0) is 0 Å². The summed E-state index contributed by atoms with van der Waals surface area (Å²) in [5.74, 6) is -6.80. The number of hydrogen-bond acceptors (Lipinski definition) is 0. The molecule has 0 bridgehead atoms. The third-order valence-electron chi connectivity index (χ3n) is 1.13. The predicted molar refractivity (Wildman–Crippen MR) is 31.7 cm³/mol. The number of hydrogen-bond donors (Lipinski definition) is 0. The van der Waals surface area contributed by atoms with Crippen molar-refractivity contribution in [1.82, 2.24) is 0 Å². The SMILES string of the molecule is [B-]c1cc(F)c(F)c(F)c1F. The van der Waals surface area contributed by atoms with Crippen LogP contribution in [0.5, 0.6) is 0 Å². The van der Waals surface area contributed by atoms with Gasteiger partial charge in [0.1, 0.15) is 5.82 Å². The van der Waals surface area contributed by atoms with Crippen molar-refractivity contribution in [1.29, 1.82) is 0 Å². The molecule has 0 N–H and O–H groups in total. The largest absolute Gasteiger partial charge is 0.576 e. The van der Waals surface area contributed by atoms with Crippen LogP contribution in [0.15, 0.2) is 6.07 Å². The van der Waals surface area contributed by atoms with Gasteiger partial charge in [0.2, 0.25) is 0 Å². The van der Waals surface area contributed by atoms with E-state index in [-0.39, 0.29) is 0 Å². The number of halogens is 4. The third-order valence-corrected chi connectivity index (χ3v) is 1.13. The van der Waals surface area contributed by atoms with E-state index in [0.717, 1.165) is 0 Å². The highest BCUT2D eigenvalue weighted by molar-refractivity contribution is 6.32. The van der Waals surface area contributed by atoms with Crippen LogP contribution in [0.25, 0.3) is 0 Å². The number of benzene rings is 1. The first-order chi connectivity index (χ1) is 5.04. The summed E-state index contributed by atoms with van der Waals surface area (Å²) < 4.78 is 48.7. The quantitative estimate of drug-likeness (QED) is 0.230. The van der Waals surface area contributed by atoms with Crippen molar-refractivity contribution >= 4 is 13.3 Å². The second kappa shape index (κ2) is 2.56. The highest BCUT2D eigenvalue weighted by Crippen LogP contribution is 2.10. The molecule has 0 nitrogen and oxygen atoms in total. The van der Waals surface area contributed by atoms with E-state index in [4.69, 9.17) is 7.85 Å². The van der Waals surface area contributed by atoms with Gasteiger partial charge in [-0.1, -0.05) is 6.07 Å². The van der Waals surface area contributed by atoms with Crippen molar-refractivity contribution in [2.24, 2.45) is 0 Å². The molecule has 11 heavy (non-hydrogen) atoms. The summed E-state index contributed by atoms with van der Waals surface area (Å²) in [7, 11) is 4.77. The Bertz CT molecular complexity index is 271. The Balaban J connectivity index is 3.46. The van der Waals surface area contributed by atoms with Gasteiger partial charge in [0.05, 0.1) is 0 Å². The van der Waals surface area contributed by atoms with Crippen molar-refractivity contribution in [2.75, 3.05) is 0 Å². The van der Waals surface area contributed by atoms with Crippen LogP contribution in [0.3, 0.4) is 0 Å². The second-order valence-corrected chi connectivity index (χ2v) is 1.89. The minimum absolute atomic E-state index is 0.383. The molecule has 5 heteroatoms. The molecule has 0 fully saturated rings. The van der Waals surface area contributed by atoms with Crippen molar-refractivity contribution < 1.29 is 17.6 Å². The van der Waals surface area contributed by atoms with Gasteiger partial charge < -0.3 is 7.85 Å². The molecule has 1 aromatic rings. The lowest BCUT2D eigenvalue weighted by atomic mass is 9.95. The molecule has 0 unspecified atom stereocenters. The predicted octanol–water partition coefficient (Wildman–Crippen LogP) is 1.04. The first-order valence-electron chi connectivity index (χ1n) is 2.62. The van der Waals surface area contributed by atoms with E-state index in [0.29, 0.717) is 6.07 Å². The summed E-state index contributed by atoms with van der Waals surface area (Å²) in [6.07, 6.45) is 0. The summed E-state index contributed by atoms with van der Waals surface area (Å²) in [6.45, 7) is 0. The minimum atomic E-state index is -1.89. The van der Waals surface area contributed by atoms with Crippen molar-refractivity contribution in [3.63, 3.8) is 0 Å². The molecular formula is C6HBF4-. The average Bonchev–Trinajstić information content (AvgIpc) is 1.97. The summed E-state index contributed by atoms with van der Waals surface area (Å²) in [5.41, 5.74) is -0.749. The van der Waals surface area contributed by atoms with E-state index in [1.807, 2.05) is 0 Å². The summed E-state index contributed by atoms with van der Waals surface area (Å²) in [4.78, 5) is 0. The molecule has 0 heterocycles. The van der Waals surface area contributed by atoms with Crippen molar-refractivity contribution in [3.8, 4) is 0 Å². The van der Waals surface area contributed by atoms with Crippen LogP contribution in [0.1, 0.15) is 0 Å². The van der Waals surface area contributed by atoms with E-state index >= 15 is 0 Å².